The maximum absolute atomic E-state index is 5.64. The molecule has 0 bridgehead atoms. The number of rotatable bonds is 7. The van der Waals surface area contributed by atoms with Crippen LogP contribution < -0.4 is 0 Å². The van der Waals surface area contributed by atoms with E-state index < -0.39 is 10.0 Å². The number of aromatic nitrogens is 6. The number of hydrogen-bond acceptors (Lipinski definition) is 3. The van der Waals surface area contributed by atoms with Crippen LogP contribution in [0.3, 0.4) is 0 Å². The molecule has 0 radical (unpaired) electrons. The highest BCUT2D eigenvalue weighted by Crippen LogP contribution is 2.73. The molecule has 0 saturated carbocycles. The zero-order chi connectivity index (χ0) is 46.4. The smallest absolute Gasteiger partial charge is 0.239 e. The summed E-state index contributed by atoms with van der Waals surface area (Å²) in [5.74, 6) is 2.09. The monoisotopic (exact) mass is 900 g/mol. The molecule has 8 aromatic carbocycles. The predicted molar refractivity (Wildman–Crippen MR) is 282 cm³/mol. The number of benzene rings is 8. The van der Waals surface area contributed by atoms with Gasteiger partial charge in [0.25, 0.3) is 0 Å². The minimum atomic E-state index is -1.98. The highest BCUT2D eigenvalue weighted by Gasteiger charge is 2.34. The fourth-order valence-corrected chi connectivity index (χ4v) is 14.0. The van der Waals surface area contributed by atoms with Gasteiger partial charge in [-0.05, 0) is 119 Å². The standard InChI is InChI=1S/C61H52N6S/c1-60(2,3)42-33-35-52-48(38-42)49-39-43(61(4,5)6)34-36-53(49)65(52)57-40-51(62-58(64-57)67-56-32-19-18-31-55(56)66-54-30-17-16-29-50(54)63-59(66)67)41-21-20-28-47(37-41)68(44-22-10-7-11-23-44,45-24-12-8-13-25-45)46-26-14-9-15-27-46/h7-40H,1-6H3. The summed E-state index contributed by atoms with van der Waals surface area (Å²) >= 11 is 0. The maximum Gasteiger partial charge on any atom is 0.239 e. The lowest BCUT2D eigenvalue weighted by atomic mass is 9.85. The van der Waals surface area contributed by atoms with Gasteiger partial charge in [-0.2, -0.15) is 4.98 Å². The molecular formula is C61H52N6S. The summed E-state index contributed by atoms with van der Waals surface area (Å²) in [6.45, 7) is 13.7. The molecule has 0 unspecified atom stereocenters. The van der Waals surface area contributed by atoms with Crippen LogP contribution >= 0.6 is 10.0 Å². The first kappa shape index (κ1) is 41.7. The second-order valence-electron chi connectivity index (χ2n) is 19.9. The van der Waals surface area contributed by atoms with Gasteiger partial charge in [-0.1, -0.05) is 145 Å². The van der Waals surface area contributed by atoms with E-state index >= 15 is 0 Å². The van der Waals surface area contributed by atoms with E-state index in [4.69, 9.17) is 15.0 Å². The largest absolute Gasteiger partial charge is 0.294 e. The maximum atomic E-state index is 5.64. The highest BCUT2D eigenvalue weighted by atomic mass is 32.3. The van der Waals surface area contributed by atoms with E-state index in [1.54, 1.807) is 0 Å². The Morgan fingerprint density at radius 2 is 0.882 bits per heavy atom. The van der Waals surface area contributed by atoms with Crippen LogP contribution in [0.5, 0.6) is 0 Å². The quantitative estimate of drug-likeness (QED) is 0.160. The van der Waals surface area contributed by atoms with Crippen LogP contribution in [0.25, 0.3) is 72.7 Å². The van der Waals surface area contributed by atoms with E-state index in [0.717, 1.165) is 56.0 Å². The molecule has 0 fully saturated rings. The molecule has 0 N–H and O–H groups in total. The Balaban J connectivity index is 1.18. The van der Waals surface area contributed by atoms with Gasteiger partial charge in [-0.3, -0.25) is 8.97 Å². The molecule has 0 aliphatic rings. The Bertz CT molecular complexity index is 3700. The summed E-state index contributed by atoms with van der Waals surface area (Å²) < 4.78 is 6.73. The van der Waals surface area contributed by atoms with Crippen LogP contribution in [0.1, 0.15) is 52.7 Å². The molecule has 7 heteroatoms. The molecule has 12 rings (SSSR count). The van der Waals surface area contributed by atoms with Gasteiger partial charge in [0.05, 0.1) is 38.8 Å². The van der Waals surface area contributed by atoms with Crippen LogP contribution in [-0.2, 0) is 10.8 Å². The van der Waals surface area contributed by atoms with E-state index in [9.17, 15) is 0 Å². The SMILES string of the molecule is CC(C)(C)c1ccc2c(c1)c1cc(C(C)(C)C)ccc1n2-c1cc(-c2cccc(S(c3ccccc3)(c3ccccc3)c3ccccc3)c2)nc(-n2c3ccccc3n3c4ccccc4nc23)n1. The normalized spacial score (nSPS) is 12.8. The Kier molecular flexibility index (Phi) is 9.61. The second-order valence-corrected chi connectivity index (χ2v) is 23.0. The van der Waals surface area contributed by atoms with E-state index in [1.165, 1.54) is 41.5 Å². The lowest BCUT2D eigenvalue weighted by Gasteiger charge is -2.42. The van der Waals surface area contributed by atoms with Crippen LogP contribution in [0.2, 0.25) is 0 Å². The van der Waals surface area contributed by atoms with Gasteiger partial charge < -0.3 is 0 Å². The van der Waals surface area contributed by atoms with Crippen molar-refractivity contribution < 1.29 is 0 Å². The fraction of sp³-hybridized carbons (Fsp3) is 0.131. The molecule has 0 spiro atoms. The van der Waals surface area contributed by atoms with Crippen molar-refractivity contribution in [2.75, 3.05) is 0 Å². The van der Waals surface area contributed by atoms with Crippen molar-refractivity contribution in [1.29, 1.82) is 0 Å². The van der Waals surface area contributed by atoms with Gasteiger partial charge in [0.2, 0.25) is 11.7 Å². The van der Waals surface area contributed by atoms with E-state index in [2.05, 4.69) is 255 Å². The highest BCUT2D eigenvalue weighted by molar-refractivity contribution is 8.34. The molecular weight excluding hydrogens is 849 g/mol. The van der Waals surface area contributed by atoms with Crippen molar-refractivity contribution in [2.24, 2.45) is 0 Å². The Labute approximate surface area is 398 Å². The topological polar surface area (TPSA) is 52.9 Å². The lowest BCUT2D eigenvalue weighted by molar-refractivity contribution is 0.590. The Hall–Kier alpha value is -7.74. The zero-order valence-corrected chi connectivity index (χ0v) is 40.0. The molecule has 332 valence electrons. The van der Waals surface area contributed by atoms with Crippen molar-refractivity contribution >= 4 is 59.7 Å². The lowest BCUT2D eigenvalue weighted by Crippen LogP contribution is -2.10. The number of fused-ring (bicyclic) bond motifs is 8. The number of imidazole rings is 2. The summed E-state index contributed by atoms with van der Waals surface area (Å²) in [6.07, 6.45) is 0. The van der Waals surface area contributed by atoms with Gasteiger partial charge in [0, 0.05) is 42.0 Å². The Morgan fingerprint density at radius 1 is 0.382 bits per heavy atom. The summed E-state index contributed by atoms with van der Waals surface area (Å²) in [7, 11) is -1.98. The molecule has 0 aliphatic carbocycles. The second kappa shape index (κ2) is 15.7. The third-order valence-corrected chi connectivity index (χ3v) is 17.4. The van der Waals surface area contributed by atoms with Crippen LogP contribution in [0.15, 0.2) is 226 Å². The van der Waals surface area contributed by atoms with Gasteiger partial charge >= 0.3 is 0 Å². The summed E-state index contributed by atoms with van der Waals surface area (Å²) in [4.78, 5) is 21.5. The molecule has 6 nitrogen and oxygen atoms in total. The zero-order valence-electron chi connectivity index (χ0n) is 39.2. The first-order chi connectivity index (χ1) is 33.0. The van der Waals surface area contributed by atoms with Crippen molar-refractivity contribution in [1.82, 2.24) is 28.5 Å². The van der Waals surface area contributed by atoms with Crippen molar-refractivity contribution in [2.45, 2.75) is 72.0 Å². The van der Waals surface area contributed by atoms with Crippen molar-refractivity contribution in [3.63, 3.8) is 0 Å². The summed E-state index contributed by atoms with van der Waals surface area (Å²) in [6, 6.07) is 75.1. The van der Waals surface area contributed by atoms with Crippen molar-refractivity contribution in [3.8, 4) is 23.0 Å². The number of para-hydroxylation sites is 4. The molecule has 68 heavy (non-hydrogen) atoms. The third kappa shape index (κ3) is 6.59. The van der Waals surface area contributed by atoms with Crippen LogP contribution in [0.4, 0.5) is 0 Å². The van der Waals surface area contributed by atoms with Gasteiger partial charge in [-0.25, -0.2) is 14.5 Å². The average molecular weight is 901 g/mol. The Morgan fingerprint density at radius 3 is 1.44 bits per heavy atom. The molecule has 0 amide bonds. The van der Waals surface area contributed by atoms with Gasteiger partial charge in [0.1, 0.15) is 5.82 Å². The molecule has 0 saturated heterocycles. The van der Waals surface area contributed by atoms with Gasteiger partial charge in [0.15, 0.2) is 0 Å². The van der Waals surface area contributed by atoms with E-state index in [0.29, 0.717) is 5.95 Å². The van der Waals surface area contributed by atoms with E-state index in [1.807, 2.05) is 6.07 Å². The average Bonchev–Trinajstić information content (AvgIpc) is 4.01. The van der Waals surface area contributed by atoms with Gasteiger partial charge in [-0.15, -0.1) is 10.0 Å². The minimum absolute atomic E-state index is 0.0322. The fourth-order valence-electron chi connectivity index (χ4n) is 10.1. The molecule has 0 atom stereocenters. The summed E-state index contributed by atoms with van der Waals surface area (Å²) in [5, 5.41) is 2.41. The van der Waals surface area contributed by atoms with E-state index in [-0.39, 0.29) is 10.8 Å². The van der Waals surface area contributed by atoms with Crippen molar-refractivity contribution in [3.05, 3.63) is 217 Å². The first-order valence-corrected chi connectivity index (χ1v) is 25.1. The minimum Gasteiger partial charge on any atom is -0.294 e. The predicted octanol–water partition coefficient (Wildman–Crippen LogP) is 15.9. The molecule has 12 aromatic rings. The number of hydrogen-bond donors (Lipinski definition) is 0. The molecule has 4 aromatic heterocycles. The first-order valence-electron chi connectivity index (χ1n) is 23.4. The number of nitrogens with zero attached hydrogens (tertiary/aromatic N) is 6. The molecule has 4 heterocycles. The molecule has 0 aliphatic heterocycles. The summed E-state index contributed by atoms with van der Waals surface area (Å²) in [5.41, 5.74) is 10.5. The third-order valence-electron chi connectivity index (χ3n) is 13.5. The van der Waals surface area contributed by atoms with Crippen LogP contribution in [0, 0.1) is 0 Å². The van der Waals surface area contributed by atoms with Crippen LogP contribution in [-0.4, -0.2) is 28.5 Å².